The Kier molecular flexibility index (Phi) is 7.28. The molecule has 6 nitrogen and oxygen atoms in total. The average Bonchev–Trinajstić information content (AvgIpc) is 2.71. The van der Waals surface area contributed by atoms with E-state index in [1.165, 1.54) is 12.5 Å². The zero-order valence-corrected chi connectivity index (χ0v) is 18.8. The largest absolute Gasteiger partial charge is 0.326 e. The summed E-state index contributed by atoms with van der Waals surface area (Å²) in [5.74, 6) is 0.168. The minimum absolute atomic E-state index is 0.173. The first-order valence-corrected chi connectivity index (χ1v) is 11.9. The monoisotopic (exact) mass is 429 g/mol. The third kappa shape index (κ3) is 5.90. The molecule has 0 atom stereocenters. The molecular formula is C23H31N3O3S. The van der Waals surface area contributed by atoms with Crippen LogP contribution in [0.1, 0.15) is 36.5 Å². The fourth-order valence-electron chi connectivity index (χ4n) is 3.95. The van der Waals surface area contributed by atoms with Crippen LogP contribution in [-0.4, -0.2) is 38.9 Å². The van der Waals surface area contributed by atoms with Crippen LogP contribution >= 0.6 is 0 Å². The molecule has 1 heterocycles. The Bertz CT molecular complexity index is 959. The highest BCUT2D eigenvalue weighted by atomic mass is 32.2. The summed E-state index contributed by atoms with van der Waals surface area (Å²) >= 11 is 0. The molecule has 2 aromatic carbocycles. The lowest BCUT2D eigenvalue weighted by Crippen LogP contribution is -2.38. The second-order valence-corrected chi connectivity index (χ2v) is 9.94. The molecule has 1 saturated heterocycles. The van der Waals surface area contributed by atoms with Crippen molar-refractivity contribution in [2.24, 2.45) is 5.92 Å². The topological polar surface area (TPSA) is 78.5 Å². The summed E-state index contributed by atoms with van der Waals surface area (Å²) in [6, 6.07) is 13.7. The quantitative estimate of drug-likeness (QED) is 0.707. The first kappa shape index (κ1) is 22.5. The maximum absolute atomic E-state index is 12.8. The molecule has 0 aromatic heterocycles. The molecule has 30 heavy (non-hydrogen) atoms. The third-order valence-corrected chi connectivity index (χ3v) is 7.04. The highest BCUT2D eigenvalue weighted by Crippen LogP contribution is 2.25. The van der Waals surface area contributed by atoms with E-state index in [9.17, 15) is 13.2 Å². The number of aryl methyl sites for hydroxylation is 2. The standard InChI is InChI=1S/C23H31N3O3S/c1-17-13-22(14-18(2)23(17)25-19(3)27)30(28,29)24-15-20-9-11-26(12-10-20)16-21-7-5-4-6-8-21/h4-8,13-14,20,24H,9-12,15-16H2,1-3H3,(H,25,27). The molecule has 1 fully saturated rings. The molecule has 2 N–H and O–H groups in total. The number of hydrogen-bond acceptors (Lipinski definition) is 4. The molecule has 0 radical (unpaired) electrons. The molecule has 0 aliphatic carbocycles. The number of likely N-dealkylation sites (tertiary alicyclic amines) is 1. The highest BCUT2D eigenvalue weighted by Gasteiger charge is 2.23. The second-order valence-electron chi connectivity index (χ2n) is 8.17. The minimum atomic E-state index is -3.59. The van der Waals surface area contributed by atoms with Crippen molar-refractivity contribution in [1.29, 1.82) is 0 Å². The Labute approximate surface area is 179 Å². The van der Waals surface area contributed by atoms with Gasteiger partial charge in [0.05, 0.1) is 4.90 Å². The van der Waals surface area contributed by atoms with Crippen molar-refractivity contribution in [2.45, 2.75) is 45.1 Å². The average molecular weight is 430 g/mol. The van der Waals surface area contributed by atoms with E-state index in [-0.39, 0.29) is 10.8 Å². The summed E-state index contributed by atoms with van der Waals surface area (Å²) in [5.41, 5.74) is 3.46. The number of hydrogen-bond donors (Lipinski definition) is 2. The molecule has 0 saturated carbocycles. The molecule has 3 rings (SSSR count). The number of benzene rings is 2. The molecule has 2 aromatic rings. The number of piperidine rings is 1. The van der Waals surface area contributed by atoms with Gasteiger partial charge in [0.2, 0.25) is 15.9 Å². The predicted molar refractivity (Wildman–Crippen MR) is 120 cm³/mol. The van der Waals surface area contributed by atoms with Crippen molar-refractivity contribution in [3.8, 4) is 0 Å². The van der Waals surface area contributed by atoms with Gasteiger partial charge in [-0.05, 0) is 74.5 Å². The zero-order valence-electron chi connectivity index (χ0n) is 17.9. The van der Waals surface area contributed by atoms with Crippen LogP contribution in [0.5, 0.6) is 0 Å². The normalized spacial score (nSPS) is 15.8. The van der Waals surface area contributed by atoms with E-state index in [0.29, 0.717) is 18.2 Å². The van der Waals surface area contributed by atoms with Crippen LogP contribution < -0.4 is 10.0 Å². The van der Waals surface area contributed by atoms with Crippen LogP contribution in [0.15, 0.2) is 47.4 Å². The Hall–Kier alpha value is -2.22. The molecule has 7 heteroatoms. The van der Waals surface area contributed by atoms with Gasteiger partial charge in [-0.3, -0.25) is 9.69 Å². The Morgan fingerprint density at radius 3 is 2.23 bits per heavy atom. The Morgan fingerprint density at radius 1 is 1.07 bits per heavy atom. The predicted octanol–water partition coefficient (Wildman–Crippen LogP) is 3.45. The number of carbonyl (C=O) groups excluding carboxylic acids is 1. The smallest absolute Gasteiger partial charge is 0.240 e. The molecule has 1 aliphatic heterocycles. The lowest BCUT2D eigenvalue weighted by Gasteiger charge is -2.32. The molecule has 162 valence electrons. The van der Waals surface area contributed by atoms with Crippen LogP contribution in [0, 0.1) is 19.8 Å². The Balaban J connectivity index is 1.55. The van der Waals surface area contributed by atoms with E-state index in [4.69, 9.17) is 0 Å². The molecule has 1 amide bonds. The van der Waals surface area contributed by atoms with E-state index in [0.717, 1.165) is 43.6 Å². The molecule has 0 bridgehead atoms. The number of nitrogens with zero attached hydrogens (tertiary/aromatic N) is 1. The molecular weight excluding hydrogens is 398 g/mol. The van der Waals surface area contributed by atoms with E-state index >= 15 is 0 Å². The lowest BCUT2D eigenvalue weighted by atomic mass is 9.97. The van der Waals surface area contributed by atoms with Crippen LogP contribution in [-0.2, 0) is 21.4 Å². The SMILES string of the molecule is CC(=O)Nc1c(C)cc(S(=O)(=O)NCC2CCN(Cc3ccccc3)CC2)cc1C. The van der Waals surface area contributed by atoms with Crippen molar-refractivity contribution >= 4 is 21.6 Å². The van der Waals surface area contributed by atoms with Gasteiger partial charge in [0, 0.05) is 25.7 Å². The molecule has 0 unspecified atom stereocenters. The summed E-state index contributed by atoms with van der Waals surface area (Å²) in [6.07, 6.45) is 1.96. The summed E-state index contributed by atoms with van der Waals surface area (Å²) in [5, 5.41) is 2.77. The van der Waals surface area contributed by atoms with Gasteiger partial charge in [0.25, 0.3) is 0 Å². The van der Waals surface area contributed by atoms with Crippen molar-refractivity contribution in [2.75, 3.05) is 25.0 Å². The number of amides is 1. The molecule has 1 aliphatic rings. The van der Waals surface area contributed by atoms with Gasteiger partial charge in [-0.2, -0.15) is 0 Å². The Morgan fingerprint density at radius 2 is 1.67 bits per heavy atom. The summed E-state index contributed by atoms with van der Waals surface area (Å²) < 4.78 is 28.4. The maximum atomic E-state index is 12.8. The second kappa shape index (κ2) is 9.73. The maximum Gasteiger partial charge on any atom is 0.240 e. The van der Waals surface area contributed by atoms with E-state index in [2.05, 4.69) is 39.2 Å². The first-order chi connectivity index (χ1) is 14.2. The van der Waals surface area contributed by atoms with Gasteiger partial charge < -0.3 is 5.32 Å². The van der Waals surface area contributed by atoms with Crippen molar-refractivity contribution in [3.63, 3.8) is 0 Å². The van der Waals surface area contributed by atoms with E-state index in [1.807, 2.05) is 6.07 Å². The van der Waals surface area contributed by atoms with Gasteiger partial charge in [-0.1, -0.05) is 30.3 Å². The number of carbonyl (C=O) groups is 1. The minimum Gasteiger partial charge on any atom is -0.326 e. The summed E-state index contributed by atoms with van der Waals surface area (Å²) in [7, 11) is -3.59. The van der Waals surface area contributed by atoms with Crippen LogP contribution in [0.25, 0.3) is 0 Å². The van der Waals surface area contributed by atoms with Crippen LogP contribution in [0.3, 0.4) is 0 Å². The van der Waals surface area contributed by atoms with Crippen molar-refractivity contribution < 1.29 is 13.2 Å². The van der Waals surface area contributed by atoms with Crippen molar-refractivity contribution in [3.05, 3.63) is 59.2 Å². The highest BCUT2D eigenvalue weighted by molar-refractivity contribution is 7.89. The summed E-state index contributed by atoms with van der Waals surface area (Å²) in [6.45, 7) is 8.40. The molecule has 0 spiro atoms. The van der Waals surface area contributed by atoms with Crippen LogP contribution in [0.2, 0.25) is 0 Å². The van der Waals surface area contributed by atoms with E-state index < -0.39 is 10.0 Å². The van der Waals surface area contributed by atoms with Gasteiger partial charge in [-0.25, -0.2) is 13.1 Å². The summed E-state index contributed by atoms with van der Waals surface area (Å²) in [4.78, 5) is 14.0. The number of sulfonamides is 1. The fourth-order valence-corrected chi connectivity index (χ4v) is 5.24. The van der Waals surface area contributed by atoms with Crippen LogP contribution in [0.4, 0.5) is 5.69 Å². The first-order valence-electron chi connectivity index (χ1n) is 10.4. The third-order valence-electron chi connectivity index (χ3n) is 5.64. The number of anilines is 1. The lowest BCUT2D eigenvalue weighted by molar-refractivity contribution is -0.114. The zero-order chi connectivity index (χ0) is 21.7. The van der Waals surface area contributed by atoms with E-state index in [1.54, 1.807) is 26.0 Å². The van der Waals surface area contributed by atoms with Gasteiger partial charge >= 0.3 is 0 Å². The number of nitrogens with one attached hydrogen (secondary N) is 2. The van der Waals surface area contributed by atoms with Crippen molar-refractivity contribution in [1.82, 2.24) is 9.62 Å². The van der Waals surface area contributed by atoms with Gasteiger partial charge in [0.15, 0.2) is 0 Å². The van der Waals surface area contributed by atoms with Gasteiger partial charge in [-0.15, -0.1) is 0 Å². The number of rotatable bonds is 7. The van der Waals surface area contributed by atoms with Gasteiger partial charge in [0.1, 0.15) is 0 Å². The fraction of sp³-hybridized carbons (Fsp3) is 0.435.